The van der Waals surface area contributed by atoms with Crippen molar-refractivity contribution in [2.24, 2.45) is 0 Å². The second kappa shape index (κ2) is 11.1. The topological polar surface area (TPSA) is 49.4 Å². The Kier molecular flexibility index (Phi) is 8.17. The van der Waals surface area contributed by atoms with Gasteiger partial charge in [-0.15, -0.1) is 11.8 Å². The van der Waals surface area contributed by atoms with E-state index >= 15 is 0 Å². The summed E-state index contributed by atoms with van der Waals surface area (Å²) in [5.74, 6) is 0.298. The van der Waals surface area contributed by atoms with Crippen molar-refractivity contribution in [1.29, 1.82) is 0 Å². The fourth-order valence-corrected chi connectivity index (χ4v) is 4.51. The highest BCUT2D eigenvalue weighted by atomic mass is 32.2. The molecule has 1 saturated carbocycles. The molecule has 0 aliphatic heterocycles. The molecule has 1 unspecified atom stereocenters. The van der Waals surface area contributed by atoms with Crippen molar-refractivity contribution in [3.63, 3.8) is 0 Å². The third-order valence-corrected chi connectivity index (χ3v) is 6.46. The SMILES string of the molecule is CC(C(=O)NC1CCCC1)N(CCc1ccccc1)C(=O)CSc1ccccc1. The van der Waals surface area contributed by atoms with Gasteiger partial charge < -0.3 is 10.2 Å². The van der Waals surface area contributed by atoms with E-state index in [9.17, 15) is 9.59 Å². The molecule has 0 heterocycles. The van der Waals surface area contributed by atoms with Crippen molar-refractivity contribution < 1.29 is 9.59 Å². The second-order valence-electron chi connectivity index (χ2n) is 7.59. The molecule has 0 saturated heterocycles. The van der Waals surface area contributed by atoms with Crippen LogP contribution in [0.15, 0.2) is 65.6 Å². The minimum atomic E-state index is -0.469. The monoisotopic (exact) mass is 410 g/mol. The molecule has 29 heavy (non-hydrogen) atoms. The fourth-order valence-electron chi connectivity index (χ4n) is 3.71. The number of hydrogen-bond donors (Lipinski definition) is 1. The van der Waals surface area contributed by atoms with Crippen molar-refractivity contribution in [2.45, 2.75) is 56.0 Å². The number of nitrogens with zero attached hydrogens (tertiary/aromatic N) is 1. The fraction of sp³-hybridized carbons (Fsp3) is 0.417. The zero-order chi connectivity index (χ0) is 20.5. The molecule has 0 bridgehead atoms. The first-order valence-corrected chi connectivity index (χ1v) is 11.4. The van der Waals surface area contributed by atoms with Crippen LogP contribution in [-0.4, -0.2) is 41.1 Å². The summed E-state index contributed by atoms with van der Waals surface area (Å²) in [5, 5.41) is 3.15. The normalized spacial score (nSPS) is 15.1. The number of hydrogen-bond acceptors (Lipinski definition) is 3. The zero-order valence-corrected chi connectivity index (χ0v) is 17.9. The van der Waals surface area contributed by atoms with Crippen molar-refractivity contribution in [3.8, 4) is 0 Å². The lowest BCUT2D eigenvalue weighted by molar-refractivity contribution is -0.138. The van der Waals surface area contributed by atoms with E-state index in [0.29, 0.717) is 12.3 Å². The molecule has 0 aromatic heterocycles. The summed E-state index contributed by atoms with van der Waals surface area (Å²) in [6.07, 6.45) is 5.16. The molecule has 154 valence electrons. The van der Waals surface area contributed by atoms with E-state index in [1.165, 1.54) is 30.2 Å². The van der Waals surface area contributed by atoms with E-state index in [0.717, 1.165) is 24.2 Å². The van der Waals surface area contributed by atoms with Crippen LogP contribution < -0.4 is 5.32 Å². The maximum atomic E-state index is 13.0. The van der Waals surface area contributed by atoms with Crippen LogP contribution in [0.25, 0.3) is 0 Å². The molecule has 1 aliphatic carbocycles. The van der Waals surface area contributed by atoms with Crippen LogP contribution in [0.1, 0.15) is 38.2 Å². The minimum absolute atomic E-state index is 0.00357. The number of benzene rings is 2. The first-order valence-electron chi connectivity index (χ1n) is 10.4. The van der Waals surface area contributed by atoms with E-state index in [2.05, 4.69) is 17.4 Å². The number of carbonyl (C=O) groups is 2. The van der Waals surface area contributed by atoms with Crippen LogP contribution in [0, 0.1) is 0 Å². The third kappa shape index (κ3) is 6.64. The third-order valence-electron chi connectivity index (χ3n) is 5.46. The van der Waals surface area contributed by atoms with Gasteiger partial charge in [-0.25, -0.2) is 0 Å². The number of rotatable bonds is 9. The molecule has 2 amide bonds. The van der Waals surface area contributed by atoms with Crippen LogP contribution in [0.3, 0.4) is 0 Å². The molecular formula is C24H30N2O2S. The predicted octanol–water partition coefficient (Wildman–Crippen LogP) is 4.30. The average Bonchev–Trinajstić information content (AvgIpc) is 3.26. The van der Waals surface area contributed by atoms with Gasteiger partial charge in [0.05, 0.1) is 5.75 Å². The van der Waals surface area contributed by atoms with E-state index in [-0.39, 0.29) is 17.9 Å². The second-order valence-corrected chi connectivity index (χ2v) is 8.64. The summed E-state index contributed by atoms with van der Waals surface area (Å²) in [6, 6.07) is 19.8. The van der Waals surface area contributed by atoms with Gasteiger partial charge in [0, 0.05) is 17.5 Å². The van der Waals surface area contributed by atoms with E-state index in [1.807, 2.05) is 55.5 Å². The first-order chi connectivity index (χ1) is 14.1. The summed E-state index contributed by atoms with van der Waals surface area (Å²) in [6.45, 7) is 2.39. The summed E-state index contributed by atoms with van der Waals surface area (Å²) >= 11 is 1.52. The molecule has 1 atom stereocenters. The zero-order valence-electron chi connectivity index (χ0n) is 17.0. The van der Waals surface area contributed by atoms with Crippen molar-refractivity contribution >= 4 is 23.6 Å². The van der Waals surface area contributed by atoms with E-state index in [4.69, 9.17) is 0 Å². The Morgan fingerprint density at radius 3 is 2.31 bits per heavy atom. The lowest BCUT2D eigenvalue weighted by Gasteiger charge is -2.29. The van der Waals surface area contributed by atoms with Crippen LogP contribution in [0.5, 0.6) is 0 Å². The molecule has 0 spiro atoms. The molecule has 2 aromatic carbocycles. The Hall–Kier alpha value is -2.27. The first kappa shape index (κ1) is 21.4. The number of amides is 2. The highest BCUT2D eigenvalue weighted by molar-refractivity contribution is 8.00. The van der Waals surface area contributed by atoms with Crippen LogP contribution >= 0.6 is 11.8 Å². The van der Waals surface area contributed by atoms with Gasteiger partial charge in [-0.05, 0) is 43.9 Å². The minimum Gasteiger partial charge on any atom is -0.352 e. The number of nitrogens with one attached hydrogen (secondary N) is 1. The molecular weight excluding hydrogens is 380 g/mol. The maximum Gasteiger partial charge on any atom is 0.242 e. The lowest BCUT2D eigenvalue weighted by atomic mass is 10.1. The molecule has 1 fully saturated rings. The highest BCUT2D eigenvalue weighted by Gasteiger charge is 2.28. The van der Waals surface area contributed by atoms with Gasteiger partial charge in [0.15, 0.2) is 0 Å². The summed E-state index contributed by atoms with van der Waals surface area (Å²) in [4.78, 5) is 28.7. The molecule has 3 rings (SSSR count). The van der Waals surface area contributed by atoms with Gasteiger partial charge >= 0.3 is 0 Å². The Morgan fingerprint density at radius 1 is 1.03 bits per heavy atom. The standard InChI is InChI=1S/C24H30N2O2S/c1-19(24(28)25-21-12-8-9-13-21)26(17-16-20-10-4-2-5-11-20)23(27)18-29-22-14-6-3-7-15-22/h2-7,10-11,14-15,19,21H,8-9,12-13,16-18H2,1H3,(H,25,28). The number of thioether (sulfide) groups is 1. The predicted molar refractivity (Wildman–Crippen MR) is 119 cm³/mol. The van der Waals surface area contributed by atoms with Crippen LogP contribution in [-0.2, 0) is 16.0 Å². The van der Waals surface area contributed by atoms with Crippen molar-refractivity contribution in [1.82, 2.24) is 10.2 Å². The van der Waals surface area contributed by atoms with Gasteiger partial charge in [-0.1, -0.05) is 61.4 Å². The molecule has 1 aliphatic rings. The van der Waals surface area contributed by atoms with Gasteiger partial charge in [0.25, 0.3) is 0 Å². The Morgan fingerprint density at radius 2 is 1.66 bits per heavy atom. The Labute approximate surface area is 178 Å². The number of carbonyl (C=O) groups excluding carboxylic acids is 2. The summed E-state index contributed by atoms with van der Waals surface area (Å²) in [7, 11) is 0. The quantitative estimate of drug-likeness (QED) is 0.627. The summed E-state index contributed by atoms with van der Waals surface area (Å²) in [5.41, 5.74) is 1.17. The van der Waals surface area contributed by atoms with Gasteiger partial charge in [0.2, 0.25) is 11.8 Å². The van der Waals surface area contributed by atoms with Crippen molar-refractivity contribution in [2.75, 3.05) is 12.3 Å². The van der Waals surface area contributed by atoms with E-state index < -0.39 is 6.04 Å². The molecule has 4 nitrogen and oxygen atoms in total. The lowest BCUT2D eigenvalue weighted by Crippen LogP contribution is -2.51. The molecule has 2 aromatic rings. The maximum absolute atomic E-state index is 13.0. The molecule has 1 N–H and O–H groups in total. The Balaban J connectivity index is 1.63. The molecule has 5 heteroatoms. The highest BCUT2D eigenvalue weighted by Crippen LogP contribution is 2.20. The Bertz CT molecular complexity index is 776. The average molecular weight is 411 g/mol. The van der Waals surface area contributed by atoms with Gasteiger partial charge in [0.1, 0.15) is 6.04 Å². The largest absolute Gasteiger partial charge is 0.352 e. The van der Waals surface area contributed by atoms with Crippen molar-refractivity contribution in [3.05, 3.63) is 66.2 Å². The summed E-state index contributed by atoms with van der Waals surface area (Å²) < 4.78 is 0. The smallest absolute Gasteiger partial charge is 0.242 e. The van der Waals surface area contributed by atoms with Crippen LogP contribution in [0.2, 0.25) is 0 Å². The van der Waals surface area contributed by atoms with Crippen LogP contribution in [0.4, 0.5) is 0 Å². The van der Waals surface area contributed by atoms with E-state index in [1.54, 1.807) is 4.90 Å². The van der Waals surface area contributed by atoms with Gasteiger partial charge in [-0.3, -0.25) is 9.59 Å². The van der Waals surface area contributed by atoms with Gasteiger partial charge in [-0.2, -0.15) is 0 Å². The molecule has 0 radical (unpaired) electrons.